The summed E-state index contributed by atoms with van der Waals surface area (Å²) < 4.78 is 0. The standard InChI is InChI=1S/C15H19N3O3/c19-14-15(5-2-7-16-11-15)6-8-17(14)10-12-3-1-4-13(9-12)18(20)21/h1,3-4,9,16H,2,5-8,10-11H2. The summed E-state index contributed by atoms with van der Waals surface area (Å²) in [6.07, 6.45) is 2.87. The van der Waals surface area contributed by atoms with Crippen LogP contribution in [0.25, 0.3) is 0 Å². The Morgan fingerprint density at radius 3 is 2.95 bits per heavy atom. The molecule has 1 unspecified atom stereocenters. The second-order valence-electron chi connectivity index (χ2n) is 5.96. The third kappa shape index (κ3) is 2.63. The number of non-ortho nitro benzene ring substituents is 1. The summed E-state index contributed by atoms with van der Waals surface area (Å²) >= 11 is 0. The molecule has 1 aromatic rings. The largest absolute Gasteiger partial charge is 0.338 e. The minimum Gasteiger partial charge on any atom is -0.338 e. The number of amides is 1. The lowest BCUT2D eigenvalue weighted by Crippen LogP contribution is -2.45. The lowest BCUT2D eigenvalue weighted by Gasteiger charge is -2.32. The van der Waals surface area contributed by atoms with Crippen LogP contribution in [0.4, 0.5) is 5.69 Å². The summed E-state index contributed by atoms with van der Waals surface area (Å²) in [6.45, 7) is 2.95. The number of nitrogens with zero attached hydrogens (tertiary/aromatic N) is 2. The van der Waals surface area contributed by atoms with Crippen LogP contribution in [0, 0.1) is 15.5 Å². The highest BCUT2D eigenvalue weighted by Crippen LogP contribution is 2.38. The zero-order chi connectivity index (χ0) is 14.9. The molecule has 0 bridgehead atoms. The zero-order valence-corrected chi connectivity index (χ0v) is 11.9. The van der Waals surface area contributed by atoms with Crippen molar-refractivity contribution in [2.75, 3.05) is 19.6 Å². The number of likely N-dealkylation sites (tertiary alicyclic amines) is 1. The van der Waals surface area contributed by atoms with Crippen molar-refractivity contribution in [1.82, 2.24) is 10.2 Å². The molecule has 2 fully saturated rings. The molecule has 2 aliphatic rings. The molecule has 1 aromatic carbocycles. The fourth-order valence-corrected chi connectivity index (χ4v) is 3.40. The number of hydrogen-bond acceptors (Lipinski definition) is 4. The molecule has 1 atom stereocenters. The smallest absolute Gasteiger partial charge is 0.269 e. The van der Waals surface area contributed by atoms with E-state index in [0.29, 0.717) is 6.54 Å². The Bertz CT molecular complexity index is 567. The van der Waals surface area contributed by atoms with Crippen LogP contribution in [0.2, 0.25) is 0 Å². The van der Waals surface area contributed by atoms with E-state index in [1.54, 1.807) is 12.1 Å². The van der Waals surface area contributed by atoms with E-state index in [9.17, 15) is 14.9 Å². The van der Waals surface area contributed by atoms with Gasteiger partial charge in [-0.2, -0.15) is 0 Å². The van der Waals surface area contributed by atoms with Gasteiger partial charge >= 0.3 is 0 Å². The molecule has 6 nitrogen and oxygen atoms in total. The van der Waals surface area contributed by atoms with Crippen molar-refractivity contribution < 1.29 is 9.72 Å². The quantitative estimate of drug-likeness (QED) is 0.679. The summed E-state index contributed by atoms with van der Waals surface area (Å²) in [5.41, 5.74) is 0.658. The number of benzene rings is 1. The van der Waals surface area contributed by atoms with Crippen molar-refractivity contribution in [2.24, 2.45) is 5.41 Å². The Kier molecular flexibility index (Phi) is 3.63. The van der Waals surface area contributed by atoms with Crippen molar-refractivity contribution in [3.8, 4) is 0 Å². The second-order valence-corrected chi connectivity index (χ2v) is 5.96. The van der Waals surface area contributed by atoms with Crippen LogP contribution in [0.3, 0.4) is 0 Å². The monoisotopic (exact) mass is 289 g/mol. The van der Waals surface area contributed by atoms with Gasteiger partial charge in [-0.25, -0.2) is 0 Å². The number of nitrogens with one attached hydrogen (secondary N) is 1. The highest BCUT2D eigenvalue weighted by Gasteiger charge is 2.46. The molecule has 0 aliphatic carbocycles. The number of hydrogen-bond donors (Lipinski definition) is 1. The fourth-order valence-electron chi connectivity index (χ4n) is 3.40. The van der Waals surface area contributed by atoms with Gasteiger partial charge in [-0.05, 0) is 31.4 Å². The van der Waals surface area contributed by atoms with Gasteiger partial charge < -0.3 is 10.2 Å². The Labute approximate surface area is 123 Å². The van der Waals surface area contributed by atoms with Crippen LogP contribution in [0.15, 0.2) is 24.3 Å². The van der Waals surface area contributed by atoms with Gasteiger partial charge in [0.25, 0.3) is 5.69 Å². The maximum atomic E-state index is 12.7. The molecule has 6 heteroatoms. The average molecular weight is 289 g/mol. The van der Waals surface area contributed by atoms with Crippen molar-refractivity contribution in [3.63, 3.8) is 0 Å². The minimum atomic E-state index is -0.401. The predicted octanol–water partition coefficient (Wildman–Crippen LogP) is 1.70. The average Bonchev–Trinajstić information content (AvgIpc) is 2.78. The second kappa shape index (κ2) is 5.44. The normalized spacial score (nSPS) is 25.5. The minimum absolute atomic E-state index is 0.0770. The summed E-state index contributed by atoms with van der Waals surface area (Å²) in [4.78, 5) is 24.9. The van der Waals surface area contributed by atoms with Crippen LogP contribution in [0.1, 0.15) is 24.8 Å². The van der Waals surface area contributed by atoms with Crippen LogP contribution in [0.5, 0.6) is 0 Å². The molecule has 2 heterocycles. The molecule has 0 aromatic heterocycles. The fraction of sp³-hybridized carbons (Fsp3) is 0.533. The van der Waals surface area contributed by atoms with Crippen molar-refractivity contribution in [3.05, 3.63) is 39.9 Å². The molecular formula is C15H19N3O3. The van der Waals surface area contributed by atoms with Gasteiger partial charge in [-0.1, -0.05) is 12.1 Å². The Morgan fingerprint density at radius 2 is 2.24 bits per heavy atom. The van der Waals surface area contributed by atoms with Crippen LogP contribution in [-0.4, -0.2) is 35.4 Å². The predicted molar refractivity (Wildman–Crippen MR) is 77.7 cm³/mol. The first-order chi connectivity index (χ1) is 10.1. The molecule has 21 heavy (non-hydrogen) atoms. The molecule has 0 radical (unpaired) electrons. The van der Waals surface area contributed by atoms with Gasteiger partial charge in [0.05, 0.1) is 10.3 Å². The third-order valence-corrected chi connectivity index (χ3v) is 4.57. The van der Waals surface area contributed by atoms with Crippen molar-refractivity contribution in [1.29, 1.82) is 0 Å². The summed E-state index contributed by atoms with van der Waals surface area (Å²) in [5, 5.41) is 14.1. The van der Waals surface area contributed by atoms with Crippen LogP contribution < -0.4 is 5.32 Å². The molecule has 1 spiro atoms. The number of nitro groups is 1. The maximum Gasteiger partial charge on any atom is 0.269 e. The SMILES string of the molecule is O=C1N(Cc2cccc([N+](=O)[O-])c2)CCC12CCCNC2. The first-order valence-electron chi connectivity index (χ1n) is 7.34. The zero-order valence-electron chi connectivity index (χ0n) is 11.9. The van der Waals surface area contributed by atoms with Gasteiger partial charge in [0.1, 0.15) is 0 Å². The molecule has 1 N–H and O–H groups in total. The first-order valence-corrected chi connectivity index (χ1v) is 7.34. The highest BCUT2D eigenvalue weighted by atomic mass is 16.6. The van der Waals surface area contributed by atoms with E-state index in [4.69, 9.17) is 0 Å². The number of nitro benzene ring substituents is 1. The van der Waals surface area contributed by atoms with E-state index >= 15 is 0 Å². The molecule has 2 saturated heterocycles. The molecule has 112 valence electrons. The van der Waals surface area contributed by atoms with Gasteiger partial charge in [-0.15, -0.1) is 0 Å². The Hall–Kier alpha value is -1.95. The van der Waals surface area contributed by atoms with Gasteiger partial charge in [0.2, 0.25) is 5.91 Å². The molecule has 3 rings (SSSR count). The van der Waals surface area contributed by atoms with Crippen LogP contribution in [-0.2, 0) is 11.3 Å². The lowest BCUT2D eigenvalue weighted by molar-refractivity contribution is -0.384. The third-order valence-electron chi connectivity index (χ3n) is 4.57. The first kappa shape index (κ1) is 14.0. The number of piperidine rings is 1. The molecule has 2 aliphatic heterocycles. The van der Waals surface area contributed by atoms with E-state index in [-0.39, 0.29) is 17.0 Å². The lowest BCUT2D eigenvalue weighted by atomic mass is 9.79. The van der Waals surface area contributed by atoms with Gasteiger partial charge in [0.15, 0.2) is 0 Å². The molecule has 1 amide bonds. The summed E-state index contributed by atoms with van der Waals surface area (Å²) in [7, 11) is 0. The van der Waals surface area contributed by atoms with Crippen molar-refractivity contribution >= 4 is 11.6 Å². The highest BCUT2D eigenvalue weighted by molar-refractivity contribution is 5.85. The molecular weight excluding hydrogens is 270 g/mol. The van der Waals surface area contributed by atoms with E-state index in [0.717, 1.165) is 44.5 Å². The number of carbonyl (C=O) groups is 1. The summed E-state index contributed by atoms with van der Waals surface area (Å²) in [6, 6.07) is 6.54. The van der Waals surface area contributed by atoms with Crippen molar-refractivity contribution in [2.45, 2.75) is 25.8 Å². The number of carbonyl (C=O) groups excluding carboxylic acids is 1. The van der Waals surface area contributed by atoms with E-state index < -0.39 is 4.92 Å². The maximum absolute atomic E-state index is 12.7. The Morgan fingerprint density at radius 1 is 1.38 bits per heavy atom. The van der Waals surface area contributed by atoms with E-state index in [1.807, 2.05) is 11.0 Å². The van der Waals surface area contributed by atoms with Gasteiger partial charge in [0, 0.05) is 31.8 Å². The molecule has 0 saturated carbocycles. The topological polar surface area (TPSA) is 75.5 Å². The van der Waals surface area contributed by atoms with Gasteiger partial charge in [-0.3, -0.25) is 14.9 Å². The Balaban J connectivity index is 1.73. The van der Waals surface area contributed by atoms with E-state index in [1.165, 1.54) is 6.07 Å². The summed E-state index contributed by atoms with van der Waals surface area (Å²) in [5.74, 6) is 0.196. The number of rotatable bonds is 3. The van der Waals surface area contributed by atoms with E-state index in [2.05, 4.69) is 5.32 Å². The van der Waals surface area contributed by atoms with Crippen LogP contribution >= 0.6 is 0 Å².